The molecule has 3 heteroatoms. The summed E-state index contributed by atoms with van der Waals surface area (Å²) in [4.78, 5) is 11.3. The third-order valence-corrected chi connectivity index (χ3v) is 2.28. The molecule has 0 aliphatic carbocycles. The van der Waals surface area contributed by atoms with Gasteiger partial charge in [0.2, 0.25) is 0 Å². The van der Waals surface area contributed by atoms with E-state index in [9.17, 15) is 4.79 Å². The molecule has 0 saturated carbocycles. The molecule has 13 heavy (non-hydrogen) atoms. The zero-order valence-electron chi connectivity index (χ0n) is 7.31. The Hall–Kier alpha value is -0.530. The van der Waals surface area contributed by atoms with Crippen molar-refractivity contribution < 1.29 is 4.79 Å². The first-order valence-corrected chi connectivity index (χ1v) is 4.97. The van der Waals surface area contributed by atoms with Gasteiger partial charge >= 0.3 is 0 Å². The second-order valence-corrected chi connectivity index (χ2v) is 3.46. The first-order valence-electron chi connectivity index (χ1n) is 4.06. The molecule has 1 aromatic rings. The molecule has 0 radical (unpaired) electrons. The van der Waals surface area contributed by atoms with E-state index in [-0.39, 0.29) is 5.78 Å². The monoisotopic (exact) mass is 216 g/mol. The smallest absolute Gasteiger partial charge is 0.162 e. The predicted octanol–water partition coefficient (Wildman–Crippen LogP) is 3.67. The fraction of sp³-hybridized carbons (Fsp3) is 0.300. The summed E-state index contributed by atoms with van der Waals surface area (Å²) in [5.74, 6) is 0.471. The quantitative estimate of drug-likeness (QED) is 0.557. The van der Waals surface area contributed by atoms with Crippen LogP contribution in [0.25, 0.3) is 0 Å². The van der Waals surface area contributed by atoms with Crippen molar-refractivity contribution in [1.82, 2.24) is 0 Å². The molecule has 70 valence electrons. The van der Waals surface area contributed by atoms with Gasteiger partial charge in [0.05, 0.1) is 0 Å². The maximum atomic E-state index is 11.3. The molecule has 1 nitrogen and oxygen atoms in total. The van der Waals surface area contributed by atoms with E-state index in [2.05, 4.69) is 0 Å². The Kier molecular flexibility index (Phi) is 3.76. The van der Waals surface area contributed by atoms with Crippen LogP contribution in [0, 0.1) is 0 Å². The van der Waals surface area contributed by atoms with Crippen LogP contribution in [-0.2, 0) is 5.88 Å². The predicted molar refractivity (Wildman–Crippen MR) is 55.6 cm³/mol. The molecular formula is C10H10Cl2O. The summed E-state index contributed by atoms with van der Waals surface area (Å²) in [6.45, 7) is 1.82. The van der Waals surface area contributed by atoms with E-state index in [0.717, 1.165) is 5.56 Å². The van der Waals surface area contributed by atoms with Crippen LogP contribution in [0.5, 0.6) is 0 Å². The van der Waals surface area contributed by atoms with Gasteiger partial charge in [-0.1, -0.05) is 18.5 Å². The van der Waals surface area contributed by atoms with Crippen molar-refractivity contribution in [3.05, 3.63) is 34.3 Å². The maximum Gasteiger partial charge on any atom is 0.162 e. The van der Waals surface area contributed by atoms with Gasteiger partial charge in [0.1, 0.15) is 0 Å². The number of hydrogen-bond donors (Lipinski definition) is 0. The lowest BCUT2D eigenvalue weighted by Crippen LogP contribution is -1.97. The van der Waals surface area contributed by atoms with Crippen LogP contribution in [0.2, 0.25) is 5.02 Å². The lowest BCUT2D eigenvalue weighted by molar-refractivity contribution is 0.0988. The zero-order valence-corrected chi connectivity index (χ0v) is 8.82. The van der Waals surface area contributed by atoms with Gasteiger partial charge in [0, 0.05) is 22.9 Å². The summed E-state index contributed by atoms with van der Waals surface area (Å²) < 4.78 is 0. The standard InChI is InChI=1S/C10H10Cl2O/c1-2-10(13)8-3-7(6-11)4-9(12)5-8/h3-5H,2,6H2,1H3. The number of carbonyl (C=O) groups excluding carboxylic acids is 1. The van der Waals surface area contributed by atoms with Crippen LogP contribution in [0.4, 0.5) is 0 Å². The number of ketones is 1. The van der Waals surface area contributed by atoms with Crippen LogP contribution in [0.1, 0.15) is 29.3 Å². The summed E-state index contributed by atoms with van der Waals surface area (Å²) in [7, 11) is 0. The molecule has 1 rings (SSSR count). The number of halogens is 2. The Labute approximate surface area is 87.7 Å². The topological polar surface area (TPSA) is 17.1 Å². The molecule has 0 aliphatic heterocycles. The van der Waals surface area contributed by atoms with Crippen molar-refractivity contribution in [3.63, 3.8) is 0 Å². The summed E-state index contributed by atoms with van der Waals surface area (Å²) in [6, 6.07) is 5.22. The molecule has 0 heterocycles. The maximum absolute atomic E-state index is 11.3. The average Bonchev–Trinajstić information content (AvgIpc) is 2.15. The zero-order chi connectivity index (χ0) is 9.84. The minimum Gasteiger partial charge on any atom is -0.294 e. The highest BCUT2D eigenvalue weighted by molar-refractivity contribution is 6.31. The molecule has 0 saturated heterocycles. The van der Waals surface area contributed by atoms with Crippen molar-refractivity contribution in [3.8, 4) is 0 Å². The second-order valence-electron chi connectivity index (χ2n) is 2.76. The highest BCUT2D eigenvalue weighted by atomic mass is 35.5. The van der Waals surface area contributed by atoms with Crippen LogP contribution in [-0.4, -0.2) is 5.78 Å². The molecule has 0 aliphatic rings. The first-order chi connectivity index (χ1) is 6.17. The van der Waals surface area contributed by atoms with Crippen molar-refractivity contribution in [2.75, 3.05) is 0 Å². The van der Waals surface area contributed by atoms with Crippen LogP contribution in [0.3, 0.4) is 0 Å². The largest absolute Gasteiger partial charge is 0.294 e. The normalized spacial score (nSPS) is 10.1. The van der Waals surface area contributed by atoms with Gasteiger partial charge < -0.3 is 0 Å². The third-order valence-electron chi connectivity index (χ3n) is 1.75. The Morgan fingerprint density at radius 2 is 2.08 bits per heavy atom. The van der Waals surface area contributed by atoms with Crippen molar-refractivity contribution in [2.24, 2.45) is 0 Å². The fourth-order valence-electron chi connectivity index (χ4n) is 1.09. The molecular weight excluding hydrogens is 207 g/mol. The minimum atomic E-state index is 0.0915. The molecule has 0 amide bonds. The summed E-state index contributed by atoms with van der Waals surface area (Å²) in [5, 5.41) is 0.565. The molecule has 0 spiro atoms. The third kappa shape index (κ3) is 2.71. The Morgan fingerprint density at radius 1 is 1.38 bits per heavy atom. The van der Waals surface area contributed by atoms with E-state index in [1.165, 1.54) is 0 Å². The van der Waals surface area contributed by atoms with Gasteiger partial charge in [-0.3, -0.25) is 4.79 Å². The SMILES string of the molecule is CCC(=O)c1cc(Cl)cc(CCl)c1. The number of hydrogen-bond acceptors (Lipinski definition) is 1. The fourth-order valence-corrected chi connectivity index (χ4v) is 1.50. The van der Waals surface area contributed by atoms with Gasteiger partial charge in [0.25, 0.3) is 0 Å². The summed E-state index contributed by atoms with van der Waals surface area (Å²) in [6.07, 6.45) is 0.488. The van der Waals surface area contributed by atoms with Gasteiger partial charge in [-0.05, 0) is 23.8 Å². The van der Waals surface area contributed by atoms with Crippen LogP contribution < -0.4 is 0 Å². The van der Waals surface area contributed by atoms with Gasteiger partial charge in [-0.15, -0.1) is 11.6 Å². The molecule has 0 bridgehead atoms. The highest BCUT2D eigenvalue weighted by Crippen LogP contribution is 2.17. The van der Waals surface area contributed by atoms with E-state index in [1.807, 2.05) is 6.92 Å². The second kappa shape index (κ2) is 4.64. The summed E-state index contributed by atoms with van der Waals surface area (Å²) in [5.41, 5.74) is 1.52. The molecule has 0 atom stereocenters. The Bertz CT molecular complexity index is 321. The van der Waals surface area contributed by atoms with Crippen molar-refractivity contribution in [1.29, 1.82) is 0 Å². The van der Waals surface area contributed by atoms with Gasteiger partial charge in [-0.25, -0.2) is 0 Å². The molecule has 0 N–H and O–H groups in total. The average molecular weight is 217 g/mol. The van der Waals surface area contributed by atoms with E-state index < -0.39 is 0 Å². The van der Waals surface area contributed by atoms with Crippen LogP contribution in [0.15, 0.2) is 18.2 Å². The number of benzene rings is 1. The minimum absolute atomic E-state index is 0.0915. The lowest BCUT2D eigenvalue weighted by Gasteiger charge is -2.02. The molecule has 1 aromatic carbocycles. The van der Waals surface area contributed by atoms with E-state index in [1.54, 1.807) is 18.2 Å². The number of rotatable bonds is 3. The van der Waals surface area contributed by atoms with Gasteiger partial charge in [-0.2, -0.15) is 0 Å². The number of carbonyl (C=O) groups is 1. The van der Waals surface area contributed by atoms with E-state index in [0.29, 0.717) is 22.9 Å². The van der Waals surface area contributed by atoms with Gasteiger partial charge in [0.15, 0.2) is 5.78 Å². The molecule has 0 fully saturated rings. The Morgan fingerprint density at radius 3 is 2.62 bits per heavy atom. The Balaban J connectivity index is 3.08. The van der Waals surface area contributed by atoms with Crippen LogP contribution >= 0.6 is 23.2 Å². The first kappa shape index (κ1) is 10.6. The summed E-state index contributed by atoms with van der Waals surface area (Å²) >= 11 is 11.5. The molecule has 0 unspecified atom stereocenters. The van der Waals surface area contributed by atoms with Crippen molar-refractivity contribution in [2.45, 2.75) is 19.2 Å². The molecule has 0 aromatic heterocycles. The highest BCUT2D eigenvalue weighted by Gasteiger charge is 2.05. The van der Waals surface area contributed by atoms with E-state index >= 15 is 0 Å². The lowest BCUT2D eigenvalue weighted by atomic mass is 10.1. The van der Waals surface area contributed by atoms with E-state index in [4.69, 9.17) is 23.2 Å². The van der Waals surface area contributed by atoms with Crippen molar-refractivity contribution >= 4 is 29.0 Å². The number of alkyl halides is 1. The number of Topliss-reactive ketones (excluding diaryl/α,β-unsaturated/α-hetero) is 1.